The van der Waals surface area contributed by atoms with Gasteiger partial charge in [-0.3, -0.25) is 4.90 Å². The molecular formula is C13H23N3O4. The van der Waals surface area contributed by atoms with Gasteiger partial charge in [0.25, 0.3) is 0 Å². The molecule has 0 spiro atoms. The van der Waals surface area contributed by atoms with Gasteiger partial charge in [0.15, 0.2) is 0 Å². The van der Waals surface area contributed by atoms with Crippen LogP contribution < -0.4 is 5.32 Å². The van der Waals surface area contributed by atoms with Crippen LogP contribution in [0, 0.1) is 0 Å². The number of amides is 2. The maximum atomic E-state index is 12.2. The molecule has 3 N–H and O–H groups in total. The van der Waals surface area contributed by atoms with Gasteiger partial charge < -0.3 is 20.4 Å². The quantitative estimate of drug-likeness (QED) is 0.659. The topological polar surface area (TPSA) is 93.1 Å². The van der Waals surface area contributed by atoms with E-state index in [2.05, 4.69) is 10.2 Å². The van der Waals surface area contributed by atoms with Crippen LogP contribution in [0.25, 0.3) is 0 Å². The highest BCUT2D eigenvalue weighted by Gasteiger charge is 2.31. The minimum Gasteiger partial charge on any atom is -0.480 e. The third-order valence-electron chi connectivity index (χ3n) is 4.10. The number of urea groups is 1. The largest absolute Gasteiger partial charge is 0.480 e. The lowest BCUT2D eigenvalue weighted by atomic mass is 10.2. The Balaban J connectivity index is 1.92. The van der Waals surface area contributed by atoms with Crippen molar-refractivity contribution in [3.63, 3.8) is 0 Å². The molecule has 2 aliphatic heterocycles. The minimum absolute atomic E-state index is 0.0322. The molecule has 2 amide bonds. The summed E-state index contributed by atoms with van der Waals surface area (Å²) in [6, 6.07) is -0.945. The van der Waals surface area contributed by atoms with Gasteiger partial charge in [-0.25, -0.2) is 9.59 Å². The summed E-state index contributed by atoms with van der Waals surface area (Å²) in [6.07, 6.45) is 3.22. The van der Waals surface area contributed by atoms with Crippen LogP contribution in [0.3, 0.4) is 0 Å². The lowest BCUT2D eigenvalue weighted by Gasteiger charge is -2.27. The maximum absolute atomic E-state index is 12.2. The summed E-state index contributed by atoms with van der Waals surface area (Å²) in [6.45, 7) is 3.17. The standard InChI is InChI=1S/C13H23N3O4/c17-8-4-11(12(18)19)14-13(20)16-7-2-6-15-5-1-3-10(15)9-16/h10-11,17H,1-9H2,(H,14,20)(H,18,19). The second kappa shape index (κ2) is 6.90. The first kappa shape index (κ1) is 15.1. The molecule has 0 aliphatic carbocycles. The molecule has 2 saturated heterocycles. The predicted octanol–water partition coefficient (Wildman–Crippen LogP) is -0.298. The number of carboxylic acid groups (broad SMARTS) is 1. The first-order valence-corrected chi connectivity index (χ1v) is 7.25. The first-order valence-electron chi connectivity index (χ1n) is 7.25. The molecule has 0 aromatic heterocycles. The molecule has 2 aliphatic rings. The van der Waals surface area contributed by atoms with Gasteiger partial charge in [0, 0.05) is 38.7 Å². The average Bonchev–Trinajstić information content (AvgIpc) is 2.75. The van der Waals surface area contributed by atoms with Crippen LogP contribution in [0.15, 0.2) is 0 Å². The van der Waals surface area contributed by atoms with Gasteiger partial charge in [0.2, 0.25) is 0 Å². The second-order valence-corrected chi connectivity index (χ2v) is 5.48. The van der Waals surface area contributed by atoms with Gasteiger partial charge in [-0.1, -0.05) is 0 Å². The van der Waals surface area contributed by atoms with E-state index in [9.17, 15) is 9.59 Å². The first-order chi connectivity index (χ1) is 9.61. The highest BCUT2D eigenvalue weighted by molar-refractivity contribution is 5.82. The molecular weight excluding hydrogens is 262 g/mol. The van der Waals surface area contributed by atoms with Crippen molar-refractivity contribution in [1.82, 2.24) is 15.1 Å². The number of aliphatic hydroxyl groups is 1. The highest BCUT2D eigenvalue weighted by Crippen LogP contribution is 2.21. The fourth-order valence-corrected chi connectivity index (χ4v) is 3.02. The lowest BCUT2D eigenvalue weighted by Crippen LogP contribution is -2.50. The highest BCUT2D eigenvalue weighted by atomic mass is 16.4. The Morgan fingerprint density at radius 1 is 1.25 bits per heavy atom. The summed E-state index contributed by atoms with van der Waals surface area (Å²) in [5.41, 5.74) is 0. The molecule has 20 heavy (non-hydrogen) atoms. The number of nitrogens with zero attached hydrogens (tertiary/aromatic N) is 2. The normalized spacial score (nSPS) is 24.9. The Morgan fingerprint density at radius 2 is 2.00 bits per heavy atom. The Labute approximate surface area is 118 Å². The number of aliphatic hydroxyl groups excluding tert-OH is 1. The number of nitrogens with one attached hydrogen (secondary N) is 1. The molecule has 114 valence electrons. The van der Waals surface area contributed by atoms with Gasteiger partial charge in [0.1, 0.15) is 6.04 Å². The average molecular weight is 285 g/mol. The maximum Gasteiger partial charge on any atom is 0.326 e. The van der Waals surface area contributed by atoms with Gasteiger partial charge in [0.05, 0.1) is 0 Å². The molecule has 2 atom stereocenters. The molecule has 0 saturated carbocycles. The van der Waals surface area contributed by atoms with E-state index < -0.39 is 12.0 Å². The van der Waals surface area contributed by atoms with Crippen molar-refractivity contribution in [3.8, 4) is 0 Å². The van der Waals surface area contributed by atoms with E-state index in [0.717, 1.165) is 25.9 Å². The van der Waals surface area contributed by atoms with Crippen LogP contribution in [-0.2, 0) is 4.79 Å². The number of fused-ring (bicyclic) bond motifs is 1. The van der Waals surface area contributed by atoms with Gasteiger partial charge >= 0.3 is 12.0 Å². The number of aliphatic carboxylic acids is 1. The Morgan fingerprint density at radius 3 is 2.70 bits per heavy atom. The number of carbonyl (C=O) groups excluding carboxylic acids is 1. The zero-order chi connectivity index (χ0) is 14.5. The Kier molecular flexibility index (Phi) is 5.19. The molecule has 2 rings (SSSR count). The van der Waals surface area contributed by atoms with Crippen molar-refractivity contribution >= 4 is 12.0 Å². The van der Waals surface area contributed by atoms with E-state index in [1.807, 2.05) is 0 Å². The van der Waals surface area contributed by atoms with E-state index in [-0.39, 0.29) is 19.1 Å². The van der Waals surface area contributed by atoms with Gasteiger partial charge in [-0.15, -0.1) is 0 Å². The molecule has 2 unspecified atom stereocenters. The number of hydrogen-bond donors (Lipinski definition) is 3. The SMILES string of the molecule is O=C(O)C(CCO)NC(=O)N1CCCN2CCCC2C1. The Hall–Kier alpha value is -1.34. The lowest BCUT2D eigenvalue weighted by molar-refractivity contribution is -0.139. The predicted molar refractivity (Wildman–Crippen MR) is 72.4 cm³/mol. The van der Waals surface area contributed by atoms with Crippen molar-refractivity contribution in [2.24, 2.45) is 0 Å². The molecule has 2 heterocycles. The van der Waals surface area contributed by atoms with Crippen LogP contribution >= 0.6 is 0 Å². The molecule has 0 aromatic rings. The van der Waals surface area contributed by atoms with Crippen LogP contribution in [0.5, 0.6) is 0 Å². The van der Waals surface area contributed by atoms with Crippen molar-refractivity contribution in [1.29, 1.82) is 0 Å². The third kappa shape index (κ3) is 3.61. The molecule has 7 nitrogen and oxygen atoms in total. The molecule has 0 radical (unpaired) electrons. The smallest absolute Gasteiger partial charge is 0.326 e. The zero-order valence-corrected chi connectivity index (χ0v) is 11.6. The van der Waals surface area contributed by atoms with Crippen molar-refractivity contribution in [3.05, 3.63) is 0 Å². The van der Waals surface area contributed by atoms with Crippen LogP contribution in [0.4, 0.5) is 4.79 Å². The summed E-state index contributed by atoms with van der Waals surface area (Å²) >= 11 is 0. The minimum atomic E-state index is -1.11. The Bertz CT molecular complexity index is 364. The van der Waals surface area contributed by atoms with E-state index in [1.165, 1.54) is 6.42 Å². The number of carboxylic acids is 1. The van der Waals surface area contributed by atoms with E-state index in [1.54, 1.807) is 4.90 Å². The number of carbonyl (C=O) groups is 2. The molecule has 0 bridgehead atoms. The van der Waals surface area contributed by atoms with E-state index >= 15 is 0 Å². The molecule has 7 heteroatoms. The number of rotatable bonds is 4. The third-order valence-corrected chi connectivity index (χ3v) is 4.10. The van der Waals surface area contributed by atoms with Crippen molar-refractivity contribution < 1.29 is 19.8 Å². The van der Waals surface area contributed by atoms with Crippen LogP contribution in [0.1, 0.15) is 25.7 Å². The molecule has 0 aromatic carbocycles. The second-order valence-electron chi connectivity index (χ2n) is 5.48. The van der Waals surface area contributed by atoms with Gasteiger partial charge in [-0.2, -0.15) is 0 Å². The number of hydrogen-bond acceptors (Lipinski definition) is 4. The fourth-order valence-electron chi connectivity index (χ4n) is 3.02. The summed E-state index contributed by atoms with van der Waals surface area (Å²) < 4.78 is 0. The van der Waals surface area contributed by atoms with Crippen LogP contribution in [0.2, 0.25) is 0 Å². The monoisotopic (exact) mass is 285 g/mol. The summed E-state index contributed by atoms with van der Waals surface area (Å²) in [4.78, 5) is 27.3. The van der Waals surface area contributed by atoms with E-state index in [0.29, 0.717) is 19.1 Å². The van der Waals surface area contributed by atoms with E-state index in [4.69, 9.17) is 10.2 Å². The van der Waals surface area contributed by atoms with Crippen molar-refractivity contribution in [2.75, 3.05) is 32.8 Å². The summed E-state index contributed by atoms with van der Waals surface area (Å²) in [7, 11) is 0. The fraction of sp³-hybridized carbons (Fsp3) is 0.846. The van der Waals surface area contributed by atoms with Crippen LogP contribution in [-0.4, -0.2) is 76.9 Å². The summed E-state index contributed by atoms with van der Waals surface area (Å²) in [5, 5.41) is 20.4. The summed E-state index contributed by atoms with van der Waals surface area (Å²) in [5.74, 6) is -1.11. The van der Waals surface area contributed by atoms with Crippen molar-refractivity contribution in [2.45, 2.75) is 37.8 Å². The zero-order valence-electron chi connectivity index (χ0n) is 11.6. The molecule has 2 fully saturated rings. The van der Waals surface area contributed by atoms with Gasteiger partial charge in [-0.05, 0) is 25.8 Å².